The van der Waals surface area contributed by atoms with Gasteiger partial charge in [0.25, 0.3) is 5.91 Å². The van der Waals surface area contributed by atoms with E-state index in [0.29, 0.717) is 66.8 Å². The van der Waals surface area contributed by atoms with Crippen LogP contribution in [0.4, 0.5) is 23.3 Å². The van der Waals surface area contributed by atoms with E-state index in [-0.39, 0.29) is 29.3 Å². The van der Waals surface area contributed by atoms with Crippen LogP contribution in [0.3, 0.4) is 0 Å². The maximum atomic E-state index is 12.9. The minimum Gasteiger partial charge on any atom is -0.506 e. The molecule has 2 heterocycles. The Labute approximate surface area is 242 Å². The topological polar surface area (TPSA) is 196 Å². The van der Waals surface area contributed by atoms with Crippen molar-refractivity contribution in [3.8, 4) is 5.75 Å². The Morgan fingerprint density at radius 3 is 2.21 bits per heavy atom. The smallest absolute Gasteiger partial charge is 0.259 e. The van der Waals surface area contributed by atoms with Gasteiger partial charge in [0.15, 0.2) is 0 Å². The van der Waals surface area contributed by atoms with Gasteiger partial charge in [-0.15, -0.1) is 0 Å². The van der Waals surface area contributed by atoms with Gasteiger partial charge in [0.1, 0.15) is 11.6 Å². The highest BCUT2D eigenvalue weighted by Gasteiger charge is 2.35. The van der Waals surface area contributed by atoms with Crippen molar-refractivity contribution in [1.29, 1.82) is 0 Å². The van der Waals surface area contributed by atoms with E-state index in [2.05, 4.69) is 25.6 Å². The number of phenolic OH excluding ortho intramolecular Hbond substituents is 1. The molecule has 1 aliphatic heterocycles. The average Bonchev–Trinajstić information content (AvgIpc) is 3.31. The number of nitrogens with zero attached hydrogens (tertiary/aromatic N) is 4. The first-order valence-corrected chi connectivity index (χ1v) is 14.0. The summed E-state index contributed by atoms with van der Waals surface area (Å²) in [7, 11) is 0. The third-order valence-corrected chi connectivity index (χ3v) is 7.84. The molecule has 12 nitrogen and oxygen atoms in total. The number of carbonyl (C=O) groups is 1. The van der Waals surface area contributed by atoms with Crippen molar-refractivity contribution < 1.29 is 20.1 Å². The Bertz CT molecular complexity index is 1580. The Morgan fingerprint density at radius 2 is 1.50 bits per heavy atom. The number of hydrogen-bond acceptors (Lipinski definition) is 11. The number of fused-ring (bicyclic) bond motifs is 1. The van der Waals surface area contributed by atoms with Gasteiger partial charge in [-0.05, 0) is 55.0 Å². The number of anilines is 4. The number of phenols is 1. The van der Waals surface area contributed by atoms with E-state index in [9.17, 15) is 20.1 Å². The second kappa shape index (κ2) is 11.5. The maximum Gasteiger partial charge on any atom is 0.259 e. The highest BCUT2D eigenvalue weighted by atomic mass is 16.3. The number of nitrogens with two attached hydrogens (primary N) is 2. The first kappa shape index (κ1) is 27.8. The van der Waals surface area contributed by atoms with Crippen LogP contribution in [0.25, 0.3) is 10.8 Å². The third-order valence-electron chi connectivity index (χ3n) is 7.84. The summed E-state index contributed by atoms with van der Waals surface area (Å²) in [6.07, 6.45) is -0.247. The van der Waals surface area contributed by atoms with Gasteiger partial charge in [0, 0.05) is 47.9 Å². The summed E-state index contributed by atoms with van der Waals surface area (Å²) in [6, 6.07) is 17.5. The molecule has 1 saturated heterocycles. The first-order chi connectivity index (χ1) is 20.2. The van der Waals surface area contributed by atoms with Crippen LogP contribution in [0.2, 0.25) is 0 Å². The number of hydrogen-bond donors (Lipinski definition) is 7. The van der Waals surface area contributed by atoms with Crippen molar-refractivity contribution in [3.05, 3.63) is 72.1 Å². The zero-order valence-electron chi connectivity index (χ0n) is 22.9. The lowest BCUT2D eigenvalue weighted by Crippen LogP contribution is -2.53. The van der Waals surface area contributed by atoms with Gasteiger partial charge in [-0.2, -0.15) is 15.0 Å². The quantitative estimate of drug-likeness (QED) is 0.179. The Hall–Kier alpha value is -4.36. The number of piperidine rings is 1. The molecule has 4 aromatic rings. The molecular formula is C30H34N8O4. The number of amides is 1. The Kier molecular flexibility index (Phi) is 7.60. The summed E-state index contributed by atoms with van der Waals surface area (Å²) in [6.45, 7) is 1.10. The van der Waals surface area contributed by atoms with E-state index in [1.807, 2.05) is 23.1 Å². The Balaban J connectivity index is 1.21. The van der Waals surface area contributed by atoms with Gasteiger partial charge in [0.05, 0.1) is 17.8 Å². The predicted molar refractivity (Wildman–Crippen MR) is 160 cm³/mol. The molecule has 0 radical (unpaired) electrons. The summed E-state index contributed by atoms with van der Waals surface area (Å²) in [5.74, 6) is 0.491. The van der Waals surface area contributed by atoms with Crippen molar-refractivity contribution in [2.45, 2.75) is 49.5 Å². The molecule has 9 N–H and O–H groups in total. The van der Waals surface area contributed by atoms with E-state index in [0.717, 1.165) is 5.39 Å². The van der Waals surface area contributed by atoms with E-state index in [4.69, 9.17) is 11.5 Å². The summed E-state index contributed by atoms with van der Waals surface area (Å²) in [4.78, 5) is 28.8. The largest absolute Gasteiger partial charge is 0.506 e. The number of aliphatic hydroxyl groups is 2. The lowest BCUT2D eigenvalue weighted by molar-refractivity contribution is 0.0438. The number of benzene rings is 3. The number of rotatable bonds is 6. The van der Waals surface area contributed by atoms with Crippen LogP contribution in [-0.2, 0) is 0 Å². The molecule has 12 heteroatoms. The normalized spacial score (nSPS) is 24.1. The fourth-order valence-corrected chi connectivity index (χ4v) is 5.71. The predicted octanol–water partition coefficient (Wildman–Crippen LogP) is 2.19. The van der Waals surface area contributed by atoms with Gasteiger partial charge in [-0.25, -0.2) is 0 Å². The standard InChI is InChI=1S/C30H34N8O4/c31-18-13-19(32)15-38(14-18)30-36-27(17-11-24(39)25(40)12-17)35-29(37-30)34-21-8-6-20(7-9-21)33-28(42)23-10-5-16-3-1-2-4-22(16)26(23)41/h1-10,17-19,24-25,39-41H,11-15,31-32H2,(H,33,42)(H,34,35,36,37)/t17?,18-,19+,24-,25+. The van der Waals surface area contributed by atoms with Crippen LogP contribution in [-0.4, -0.2) is 73.6 Å². The first-order valence-electron chi connectivity index (χ1n) is 14.0. The van der Waals surface area contributed by atoms with E-state index in [1.165, 1.54) is 0 Å². The van der Waals surface area contributed by atoms with Crippen molar-refractivity contribution in [1.82, 2.24) is 15.0 Å². The van der Waals surface area contributed by atoms with Gasteiger partial charge in [-0.3, -0.25) is 4.79 Å². The monoisotopic (exact) mass is 570 g/mol. The second-order valence-corrected chi connectivity index (χ2v) is 11.1. The van der Waals surface area contributed by atoms with E-state index >= 15 is 0 Å². The lowest BCUT2D eigenvalue weighted by Gasteiger charge is -2.34. The molecular weight excluding hydrogens is 536 g/mol. The maximum absolute atomic E-state index is 12.9. The molecule has 1 aliphatic carbocycles. The van der Waals surface area contributed by atoms with Gasteiger partial charge >= 0.3 is 0 Å². The molecule has 1 saturated carbocycles. The van der Waals surface area contributed by atoms with Crippen molar-refractivity contribution >= 4 is 40.0 Å². The SMILES string of the molecule is N[C@@H]1C[C@H](N)CN(c2nc(Nc3ccc(NC(=O)c4ccc5ccccc5c4O)cc3)nc(C3C[C@@H](O)[C@@H](O)C3)n2)C1. The molecule has 1 amide bonds. The van der Waals surface area contributed by atoms with Crippen LogP contribution in [0.5, 0.6) is 5.75 Å². The van der Waals surface area contributed by atoms with E-state index in [1.54, 1.807) is 42.5 Å². The fourth-order valence-electron chi connectivity index (χ4n) is 5.71. The molecule has 3 aromatic carbocycles. The Morgan fingerprint density at radius 1 is 0.833 bits per heavy atom. The molecule has 5 atom stereocenters. The van der Waals surface area contributed by atoms with Crippen LogP contribution in [0.1, 0.15) is 41.4 Å². The lowest BCUT2D eigenvalue weighted by atomic mass is 10.0. The van der Waals surface area contributed by atoms with Crippen molar-refractivity contribution in [3.63, 3.8) is 0 Å². The van der Waals surface area contributed by atoms with Crippen molar-refractivity contribution in [2.24, 2.45) is 11.5 Å². The minimum absolute atomic E-state index is 0.0664. The third kappa shape index (κ3) is 5.83. The highest BCUT2D eigenvalue weighted by molar-refractivity contribution is 6.09. The molecule has 218 valence electrons. The fraction of sp³-hybridized carbons (Fsp3) is 0.333. The average molecular weight is 571 g/mol. The van der Waals surface area contributed by atoms with Gasteiger partial charge in [0.2, 0.25) is 11.9 Å². The molecule has 0 bridgehead atoms. The highest BCUT2D eigenvalue weighted by Crippen LogP contribution is 2.34. The van der Waals surface area contributed by atoms with Crippen LogP contribution in [0.15, 0.2) is 60.7 Å². The second-order valence-electron chi connectivity index (χ2n) is 11.1. The van der Waals surface area contributed by atoms with Gasteiger partial charge in [-0.1, -0.05) is 30.3 Å². The summed E-state index contributed by atoms with van der Waals surface area (Å²) in [5.41, 5.74) is 13.8. The molecule has 1 aromatic heterocycles. The summed E-state index contributed by atoms with van der Waals surface area (Å²) < 4.78 is 0. The number of nitrogens with one attached hydrogen (secondary N) is 2. The number of aromatic nitrogens is 3. The zero-order chi connectivity index (χ0) is 29.4. The molecule has 1 unspecified atom stereocenters. The number of aliphatic hydroxyl groups excluding tert-OH is 2. The minimum atomic E-state index is -0.831. The molecule has 6 rings (SSSR count). The molecule has 42 heavy (non-hydrogen) atoms. The number of aromatic hydroxyl groups is 1. The number of carbonyl (C=O) groups excluding carboxylic acids is 1. The van der Waals surface area contributed by atoms with Crippen molar-refractivity contribution in [2.75, 3.05) is 28.6 Å². The summed E-state index contributed by atoms with van der Waals surface area (Å²) >= 11 is 0. The molecule has 2 fully saturated rings. The summed E-state index contributed by atoms with van der Waals surface area (Å²) in [5, 5.41) is 38.4. The van der Waals surface area contributed by atoms with Gasteiger partial charge < -0.3 is 42.3 Å². The van der Waals surface area contributed by atoms with Crippen LogP contribution >= 0.6 is 0 Å². The van der Waals surface area contributed by atoms with Crippen LogP contribution < -0.4 is 27.0 Å². The molecule has 0 spiro atoms. The van der Waals surface area contributed by atoms with E-state index < -0.39 is 18.1 Å². The van der Waals surface area contributed by atoms with Crippen LogP contribution in [0, 0.1) is 0 Å². The zero-order valence-corrected chi connectivity index (χ0v) is 22.9. The molecule has 2 aliphatic rings.